The Balaban J connectivity index is 1.65. The van der Waals surface area contributed by atoms with E-state index >= 15 is 0 Å². The molecule has 0 amide bonds. The van der Waals surface area contributed by atoms with E-state index in [2.05, 4.69) is 27.2 Å². The first-order chi connectivity index (χ1) is 13.8. The fourth-order valence-electron chi connectivity index (χ4n) is 3.55. The van der Waals surface area contributed by atoms with Gasteiger partial charge in [0, 0.05) is 61.1 Å². The maximum Gasteiger partial charge on any atom is 0.162 e. The number of hydrogen-bond acceptors (Lipinski definition) is 5. The van der Waals surface area contributed by atoms with Gasteiger partial charge in [-0.15, -0.1) is 0 Å². The molecule has 0 spiro atoms. The van der Waals surface area contributed by atoms with Gasteiger partial charge in [-0.05, 0) is 48.7 Å². The van der Waals surface area contributed by atoms with Gasteiger partial charge < -0.3 is 4.74 Å². The smallest absolute Gasteiger partial charge is 0.162 e. The summed E-state index contributed by atoms with van der Waals surface area (Å²) in [7, 11) is 1.71. The Morgan fingerprint density at radius 1 is 1.04 bits per heavy atom. The van der Waals surface area contributed by atoms with E-state index < -0.39 is 0 Å². The summed E-state index contributed by atoms with van der Waals surface area (Å²) in [4.78, 5) is 13.8. The standard InChI is InChI=1S/C22H21N5O/c1-28-13-9-18-5-4-17(14-24-18)21-20(16-2-3-16)26-22-19(8-12-25-27(21)22)15-6-10-23-11-7-15/h4-8,10-12,14,16H,2-3,9,13H2,1H3. The van der Waals surface area contributed by atoms with Gasteiger partial charge in [0.15, 0.2) is 5.65 Å². The number of fused-ring (bicyclic) bond motifs is 1. The van der Waals surface area contributed by atoms with E-state index in [1.807, 2.05) is 35.1 Å². The molecule has 4 aromatic heterocycles. The first-order valence-electron chi connectivity index (χ1n) is 9.57. The van der Waals surface area contributed by atoms with Crippen molar-refractivity contribution < 1.29 is 4.74 Å². The Kier molecular flexibility index (Phi) is 4.33. The van der Waals surface area contributed by atoms with Gasteiger partial charge in [0.05, 0.1) is 18.0 Å². The average Bonchev–Trinajstić information content (AvgIpc) is 3.53. The minimum atomic E-state index is 0.509. The van der Waals surface area contributed by atoms with Gasteiger partial charge in [-0.2, -0.15) is 5.10 Å². The highest BCUT2D eigenvalue weighted by molar-refractivity contribution is 5.80. The van der Waals surface area contributed by atoms with E-state index in [0.717, 1.165) is 45.8 Å². The minimum absolute atomic E-state index is 0.509. The van der Waals surface area contributed by atoms with Crippen molar-refractivity contribution >= 4 is 5.65 Å². The third-order valence-electron chi connectivity index (χ3n) is 5.16. The van der Waals surface area contributed by atoms with Crippen molar-refractivity contribution in [2.24, 2.45) is 0 Å². The number of methoxy groups -OCH3 is 1. The number of nitrogens with zero attached hydrogens (tertiary/aromatic N) is 5. The van der Waals surface area contributed by atoms with Crippen LogP contribution in [-0.2, 0) is 11.2 Å². The van der Waals surface area contributed by atoms with E-state index in [9.17, 15) is 0 Å². The molecule has 0 N–H and O–H groups in total. The molecule has 0 saturated heterocycles. The fraction of sp³-hybridized carbons (Fsp3) is 0.273. The molecule has 6 nitrogen and oxygen atoms in total. The first-order valence-corrected chi connectivity index (χ1v) is 9.57. The normalized spacial score (nSPS) is 13.9. The van der Waals surface area contributed by atoms with Crippen LogP contribution in [0, 0.1) is 0 Å². The Bertz CT molecular complexity index is 1100. The van der Waals surface area contributed by atoms with E-state index in [0.29, 0.717) is 12.5 Å². The van der Waals surface area contributed by atoms with Crippen LogP contribution in [0.2, 0.25) is 0 Å². The van der Waals surface area contributed by atoms with Crippen LogP contribution < -0.4 is 0 Å². The second kappa shape index (κ2) is 7.13. The molecule has 0 bridgehead atoms. The van der Waals surface area contributed by atoms with Crippen LogP contribution in [0.4, 0.5) is 0 Å². The number of pyridine rings is 2. The molecule has 0 aromatic carbocycles. The fourth-order valence-corrected chi connectivity index (χ4v) is 3.55. The van der Waals surface area contributed by atoms with E-state index in [4.69, 9.17) is 9.72 Å². The second-order valence-corrected chi connectivity index (χ2v) is 7.12. The van der Waals surface area contributed by atoms with Gasteiger partial charge in [0.1, 0.15) is 0 Å². The molecule has 0 unspecified atom stereocenters. The van der Waals surface area contributed by atoms with Crippen molar-refractivity contribution in [3.63, 3.8) is 0 Å². The first kappa shape index (κ1) is 17.0. The Hall–Kier alpha value is -3.12. The number of aromatic nitrogens is 5. The molecule has 1 fully saturated rings. The summed E-state index contributed by atoms with van der Waals surface area (Å²) in [5.41, 5.74) is 7.30. The largest absolute Gasteiger partial charge is 0.384 e. The van der Waals surface area contributed by atoms with Crippen molar-refractivity contribution in [1.82, 2.24) is 24.6 Å². The molecule has 4 heterocycles. The molecular weight excluding hydrogens is 350 g/mol. The molecule has 4 aromatic rings. The lowest BCUT2D eigenvalue weighted by Crippen LogP contribution is -1.99. The van der Waals surface area contributed by atoms with Crippen LogP contribution in [0.3, 0.4) is 0 Å². The summed E-state index contributed by atoms with van der Waals surface area (Å²) in [6.45, 7) is 0.673. The lowest BCUT2D eigenvalue weighted by molar-refractivity contribution is 0.201. The number of rotatable bonds is 6. The SMILES string of the molecule is COCCc1ccc(-c2c(C3CC3)nc3c(-c4ccncc4)ccnn23)cn1. The van der Waals surface area contributed by atoms with Crippen molar-refractivity contribution in [2.75, 3.05) is 13.7 Å². The van der Waals surface area contributed by atoms with Gasteiger partial charge in [-0.3, -0.25) is 9.97 Å². The monoisotopic (exact) mass is 371 g/mol. The third kappa shape index (κ3) is 3.05. The van der Waals surface area contributed by atoms with Crippen molar-refractivity contribution in [2.45, 2.75) is 25.2 Å². The van der Waals surface area contributed by atoms with Crippen LogP contribution in [0.25, 0.3) is 28.0 Å². The number of hydrogen-bond donors (Lipinski definition) is 0. The van der Waals surface area contributed by atoms with Gasteiger partial charge >= 0.3 is 0 Å². The predicted molar refractivity (Wildman–Crippen MR) is 107 cm³/mol. The number of imidazole rings is 1. The van der Waals surface area contributed by atoms with Crippen LogP contribution >= 0.6 is 0 Å². The van der Waals surface area contributed by atoms with Gasteiger partial charge in [-0.25, -0.2) is 9.50 Å². The third-order valence-corrected chi connectivity index (χ3v) is 5.16. The summed E-state index contributed by atoms with van der Waals surface area (Å²) < 4.78 is 7.12. The van der Waals surface area contributed by atoms with Crippen molar-refractivity contribution in [3.8, 4) is 22.4 Å². The molecule has 1 aliphatic rings. The van der Waals surface area contributed by atoms with Crippen molar-refractivity contribution in [3.05, 3.63) is 66.5 Å². The summed E-state index contributed by atoms with van der Waals surface area (Å²) in [6, 6.07) is 10.2. The lowest BCUT2D eigenvalue weighted by atomic mass is 10.1. The lowest BCUT2D eigenvalue weighted by Gasteiger charge is -2.07. The average molecular weight is 371 g/mol. The molecule has 6 heteroatoms. The predicted octanol–water partition coefficient (Wildman–Crippen LogP) is 3.92. The Labute approximate surface area is 163 Å². The summed E-state index contributed by atoms with van der Waals surface area (Å²) in [5, 5.41) is 4.64. The maximum absolute atomic E-state index is 5.15. The van der Waals surface area contributed by atoms with Crippen molar-refractivity contribution in [1.29, 1.82) is 0 Å². The van der Waals surface area contributed by atoms with Crippen LogP contribution in [0.15, 0.2) is 55.1 Å². The summed E-state index contributed by atoms with van der Waals surface area (Å²) in [6.07, 6.45) is 10.6. The van der Waals surface area contributed by atoms with Crippen LogP contribution in [0.1, 0.15) is 30.1 Å². The van der Waals surface area contributed by atoms with Gasteiger partial charge in [0.2, 0.25) is 0 Å². The molecule has 0 atom stereocenters. The zero-order valence-corrected chi connectivity index (χ0v) is 15.7. The van der Waals surface area contributed by atoms with Gasteiger partial charge in [0.25, 0.3) is 0 Å². The molecular formula is C22H21N5O. The molecule has 0 radical (unpaired) electrons. The zero-order valence-electron chi connectivity index (χ0n) is 15.7. The molecule has 1 saturated carbocycles. The second-order valence-electron chi connectivity index (χ2n) is 7.12. The Morgan fingerprint density at radius 3 is 2.61 bits per heavy atom. The highest BCUT2D eigenvalue weighted by Gasteiger charge is 2.31. The molecule has 5 rings (SSSR count). The van der Waals surface area contributed by atoms with E-state index in [-0.39, 0.29) is 0 Å². The number of ether oxygens (including phenoxy) is 1. The highest BCUT2D eigenvalue weighted by atomic mass is 16.5. The van der Waals surface area contributed by atoms with E-state index in [1.165, 1.54) is 12.8 Å². The molecule has 140 valence electrons. The quantitative estimate of drug-likeness (QED) is 0.514. The maximum atomic E-state index is 5.15. The van der Waals surface area contributed by atoms with E-state index in [1.54, 1.807) is 19.5 Å². The summed E-state index contributed by atoms with van der Waals surface area (Å²) in [5.74, 6) is 0.509. The topological polar surface area (TPSA) is 65.2 Å². The zero-order chi connectivity index (χ0) is 18.9. The summed E-state index contributed by atoms with van der Waals surface area (Å²) >= 11 is 0. The molecule has 28 heavy (non-hydrogen) atoms. The van der Waals surface area contributed by atoms with Gasteiger partial charge in [-0.1, -0.05) is 0 Å². The highest BCUT2D eigenvalue weighted by Crippen LogP contribution is 2.44. The van der Waals surface area contributed by atoms with Crippen LogP contribution in [0.5, 0.6) is 0 Å². The Morgan fingerprint density at radius 2 is 1.89 bits per heavy atom. The van der Waals surface area contributed by atoms with Crippen LogP contribution in [-0.4, -0.2) is 38.3 Å². The molecule has 1 aliphatic carbocycles. The molecule has 0 aliphatic heterocycles. The minimum Gasteiger partial charge on any atom is -0.384 e.